The lowest BCUT2D eigenvalue weighted by atomic mass is 9.88. The molecule has 0 saturated carbocycles. The number of aryl methyl sites for hydroxylation is 3. The van der Waals surface area contributed by atoms with Crippen molar-refractivity contribution >= 4 is 16.9 Å². The third kappa shape index (κ3) is 2.36. The second kappa shape index (κ2) is 5.65. The highest BCUT2D eigenvalue weighted by molar-refractivity contribution is 5.87. The Hall–Kier alpha value is -2.43. The molecule has 0 amide bonds. The van der Waals surface area contributed by atoms with Crippen LogP contribution in [0.1, 0.15) is 42.6 Å². The Morgan fingerprint density at radius 2 is 2.13 bits per heavy atom. The number of hydrogen-bond donors (Lipinski definition) is 1. The quantitative estimate of drug-likeness (QED) is 0.802. The summed E-state index contributed by atoms with van der Waals surface area (Å²) in [6.45, 7) is 4.91. The van der Waals surface area contributed by atoms with E-state index in [0.29, 0.717) is 6.04 Å². The summed E-state index contributed by atoms with van der Waals surface area (Å²) in [5.41, 5.74) is 5.74. The fourth-order valence-electron chi connectivity index (χ4n) is 3.57. The lowest BCUT2D eigenvalue weighted by molar-refractivity contribution is 0.598. The van der Waals surface area contributed by atoms with Crippen LogP contribution in [0.5, 0.6) is 0 Å². The van der Waals surface area contributed by atoms with Crippen molar-refractivity contribution in [1.29, 1.82) is 0 Å². The van der Waals surface area contributed by atoms with E-state index >= 15 is 0 Å². The zero-order valence-corrected chi connectivity index (χ0v) is 13.6. The predicted octanol–water partition coefficient (Wildman–Crippen LogP) is 3.64. The Morgan fingerprint density at radius 1 is 1.26 bits per heavy atom. The van der Waals surface area contributed by atoms with Gasteiger partial charge < -0.3 is 5.32 Å². The van der Waals surface area contributed by atoms with Crippen molar-refractivity contribution in [3.8, 4) is 0 Å². The minimum absolute atomic E-state index is 0.304. The highest BCUT2D eigenvalue weighted by Gasteiger charge is 2.22. The van der Waals surface area contributed by atoms with Gasteiger partial charge in [-0.1, -0.05) is 24.3 Å². The molecule has 23 heavy (non-hydrogen) atoms. The molecule has 5 nitrogen and oxygen atoms in total. The van der Waals surface area contributed by atoms with Crippen LogP contribution < -0.4 is 5.32 Å². The molecule has 118 valence electrons. The van der Waals surface area contributed by atoms with Gasteiger partial charge in [0.25, 0.3) is 0 Å². The molecule has 1 atom stereocenters. The first kappa shape index (κ1) is 14.2. The molecular weight excluding hydrogens is 286 g/mol. The van der Waals surface area contributed by atoms with Crippen molar-refractivity contribution in [2.24, 2.45) is 0 Å². The van der Waals surface area contributed by atoms with E-state index in [2.05, 4.69) is 51.6 Å². The molecule has 1 aliphatic rings. The summed E-state index contributed by atoms with van der Waals surface area (Å²) < 4.78 is 1.99. The summed E-state index contributed by atoms with van der Waals surface area (Å²) in [5.74, 6) is 0.888. The number of nitrogens with one attached hydrogen (secondary N) is 1. The molecule has 1 N–H and O–H groups in total. The average Bonchev–Trinajstić information content (AvgIpc) is 2.93. The van der Waals surface area contributed by atoms with Gasteiger partial charge in [0.15, 0.2) is 5.82 Å². The first-order valence-corrected chi connectivity index (χ1v) is 8.30. The standard InChI is InChI=1S/C18H21N5/c1-3-23-17-16(12(2)22-23)19-11-20-18(17)21-15-10-6-8-13-7-4-5-9-14(13)15/h4-5,7,9,11,15H,3,6,8,10H2,1-2H3,(H,19,20,21)/t15-/m0/s1. The molecule has 1 aromatic carbocycles. The van der Waals surface area contributed by atoms with Crippen LogP contribution in [0.3, 0.4) is 0 Å². The number of hydrogen-bond acceptors (Lipinski definition) is 4. The summed E-state index contributed by atoms with van der Waals surface area (Å²) in [6, 6.07) is 9.01. The first-order valence-electron chi connectivity index (χ1n) is 8.30. The molecule has 4 rings (SSSR count). The van der Waals surface area contributed by atoms with Crippen molar-refractivity contribution in [1.82, 2.24) is 19.7 Å². The van der Waals surface area contributed by atoms with Gasteiger partial charge in [0.2, 0.25) is 0 Å². The van der Waals surface area contributed by atoms with Gasteiger partial charge in [0.1, 0.15) is 17.4 Å². The summed E-state index contributed by atoms with van der Waals surface area (Å²) >= 11 is 0. The molecule has 1 aliphatic carbocycles. The van der Waals surface area contributed by atoms with Crippen molar-refractivity contribution < 1.29 is 0 Å². The number of nitrogens with zero attached hydrogens (tertiary/aromatic N) is 4. The lowest BCUT2D eigenvalue weighted by Crippen LogP contribution is -2.18. The van der Waals surface area contributed by atoms with Crippen LogP contribution in [-0.2, 0) is 13.0 Å². The minimum atomic E-state index is 0.304. The van der Waals surface area contributed by atoms with Crippen LogP contribution in [-0.4, -0.2) is 19.7 Å². The molecule has 0 bridgehead atoms. The van der Waals surface area contributed by atoms with Gasteiger partial charge in [0.05, 0.1) is 11.7 Å². The Labute approximate surface area is 135 Å². The van der Waals surface area contributed by atoms with Crippen molar-refractivity contribution in [3.63, 3.8) is 0 Å². The van der Waals surface area contributed by atoms with Crippen molar-refractivity contribution in [3.05, 3.63) is 47.4 Å². The number of anilines is 1. The molecule has 5 heteroatoms. The van der Waals surface area contributed by atoms with E-state index in [0.717, 1.165) is 35.5 Å². The Bertz CT molecular complexity index is 852. The third-order valence-electron chi connectivity index (χ3n) is 4.67. The Kier molecular flexibility index (Phi) is 3.48. The first-order chi connectivity index (χ1) is 11.3. The predicted molar refractivity (Wildman–Crippen MR) is 91.5 cm³/mol. The minimum Gasteiger partial charge on any atom is -0.361 e. The van der Waals surface area contributed by atoms with E-state index < -0.39 is 0 Å². The van der Waals surface area contributed by atoms with Gasteiger partial charge in [0, 0.05) is 6.54 Å². The molecular formula is C18H21N5. The second-order valence-corrected chi connectivity index (χ2v) is 6.11. The normalized spacial score (nSPS) is 17.2. The highest BCUT2D eigenvalue weighted by atomic mass is 15.3. The van der Waals surface area contributed by atoms with E-state index in [1.807, 2.05) is 11.6 Å². The fraction of sp³-hybridized carbons (Fsp3) is 0.389. The molecule has 0 fully saturated rings. The second-order valence-electron chi connectivity index (χ2n) is 6.11. The van der Waals surface area contributed by atoms with Gasteiger partial charge in [-0.2, -0.15) is 5.10 Å². The van der Waals surface area contributed by atoms with Gasteiger partial charge in [-0.25, -0.2) is 9.97 Å². The highest BCUT2D eigenvalue weighted by Crippen LogP contribution is 2.33. The van der Waals surface area contributed by atoms with Crippen LogP contribution in [0.4, 0.5) is 5.82 Å². The third-order valence-corrected chi connectivity index (χ3v) is 4.67. The van der Waals surface area contributed by atoms with Gasteiger partial charge >= 0.3 is 0 Å². The zero-order chi connectivity index (χ0) is 15.8. The van der Waals surface area contributed by atoms with Crippen LogP contribution in [0.15, 0.2) is 30.6 Å². The fourth-order valence-corrected chi connectivity index (χ4v) is 3.57. The van der Waals surface area contributed by atoms with Crippen molar-refractivity contribution in [2.75, 3.05) is 5.32 Å². The maximum absolute atomic E-state index is 4.58. The Balaban J connectivity index is 1.77. The largest absolute Gasteiger partial charge is 0.361 e. The summed E-state index contributed by atoms with van der Waals surface area (Å²) in [4.78, 5) is 8.93. The monoisotopic (exact) mass is 307 g/mol. The van der Waals surface area contributed by atoms with Crippen LogP contribution in [0, 0.1) is 6.92 Å². The molecule has 0 saturated heterocycles. The molecule has 2 aromatic heterocycles. The molecule has 2 heterocycles. The zero-order valence-electron chi connectivity index (χ0n) is 13.6. The maximum Gasteiger partial charge on any atom is 0.156 e. The van der Waals surface area contributed by atoms with Crippen LogP contribution in [0.2, 0.25) is 0 Å². The maximum atomic E-state index is 4.58. The summed E-state index contributed by atoms with van der Waals surface area (Å²) in [7, 11) is 0. The molecule has 0 radical (unpaired) electrons. The molecule has 0 spiro atoms. The molecule has 0 aliphatic heterocycles. The number of benzene rings is 1. The molecule has 0 unspecified atom stereocenters. The number of rotatable bonds is 3. The van der Waals surface area contributed by atoms with Gasteiger partial charge in [-0.05, 0) is 44.2 Å². The summed E-state index contributed by atoms with van der Waals surface area (Å²) in [5, 5.41) is 8.24. The van der Waals surface area contributed by atoms with E-state index in [1.165, 1.54) is 24.0 Å². The number of fused-ring (bicyclic) bond motifs is 2. The topological polar surface area (TPSA) is 55.6 Å². The van der Waals surface area contributed by atoms with E-state index in [4.69, 9.17) is 0 Å². The van der Waals surface area contributed by atoms with Gasteiger partial charge in [-0.15, -0.1) is 0 Å². The van der Waals surface area contributed by atoms with Crippen molar-refractivity contribution in [2.45, 2.75) is 45.7 Å². The average molecular weight is 307 g/mol. The van der Waals surface area contributed by atoms with Crippen LogP contribution in [0.25, 0.3) is 11.0 Å². The lowest BCUT2D eigenvalue weighted by Gasteiger charge is -2.27. The smallest absolute Gasteiger partial charge is 0.156 e. The summed E-state index contributed by atoms with van der Waals surface area (Å²) in [6.07, 6.45) is 5.13. The van der Waals surface area contributed by atoms with Crippen LogP contribution >= 0.6 is 0 Å². The molecule has 3 aromatic rings. The van der Waals surface area contributed by atoms with E-state index in [9.17, 15) is 0 Å². The SMILES string of the molecule is CCn1nc(C)c2ncnc(N[C@H]3CCCc4ccccc43)c21. The Morgan fingerprint density at radius 3 is 3.00 bits per heavy atom. The van der Waals surface area contributed by atoms with E-state index in [-0.39, 0.29) is 0 Å². The van der Waals surface area contributed by atoms with Gasteiger partial charge in [-0.3, -0.25) is 4.68 Å². The van der Waals surface area contributed by atoms with E-state index in [1.54, 1.807) is 6.33 Å². The number of aromatic nitrogens is 4.